The van der Waals surface area contributed by atoms with Crippen molar-refractivity contribution in [1.29, 1.82) is 0 Å². The molecule has 0 atom stereocenters. The van der Waals surface area contributed by atoms with Crippen LogP contribution in [0.25, 0.3) is 0 Å². The van der Waals surface area contributed by atoms with E-state index in [0.29, 0.717) is 33.9 Å². The SMILES string of the molecule is CC(C)COC(=O)c1ccc2c(c1)NC(=O)c1ccc(C(N)=O)cc1S2. The standard InChI is InChI=1S/C19H18N2O4S/c1-10(2)9-25-19(24)12-4-6-15-14(7-12)21-18(23)13-5-3-11(17(20)22)8-16(13)26-15/h3-8,10H,9H2,1-2H3,(H2,20,22)(H,21,23). The molecule has 0 bridgehead atoms. The van der Waals surface area contributed by atoms with Crippen LogP contribution in [0.5, 0.6) is 0 Å². The van der Waals surface area contributed by atoms with Crippen LogP contribution in [0.15, 0.2) is 46.2 Å². The predicted molar refractivity (Wildman–Crippen MR) is 98.6 cm³/mol. The van der Waals surface area contributed by atoms with Gasteiger partial charge in [0, 0.05) is 15.4 Å². The van der Waals surface area contributed by atoms with Gasteiger partial charge in [0.25, 0.3) is 5.91 Å². The number of carbonyl (C=O) groups excluding carboxylic acids is 3. The highest BCUT2D eigenvalue weighted by Crippen LogP contribution is 2.39. The Morgan fingerprint density at radius 3 is 2.54 bits per heavy atom. The number of nitrogens with two attached hydrogens (primary N) is 1. The van der Waals surface area contributed by atoms with E-state index in [1.165, 1.54) is 17.8 Å². The van der Waals surface area contributed by atoms with E-state index in [0.717, 1.165) is 4.90 Å². The lowest BCUT2D eigenvalue weighted by molar-refractivity contribution is 0.0458. The van der Waals surface area contributed by atoms with Crippen molar-refractivity contribution >= 4 is 35.2 Å². The monoisotopic (exact) mass is 370 g/mol. The van der Waals surface area contributed by atoms with Crippen LogP contribution < -0.4 is 11.1 Å². The first-order valence-corrected chi connectivity index (χ1v) is 8.91. The van der Waals surface area contributed by atoms with Crippen molar-refractivity contribution in [2.75, 3.05) is 11.9 Å². The van der Waals surface area contributed by atoms with Gasteiger partial charge in [-0.25, -0.2) is 4.79 Å². The van der Waals surface area contributed by atoms with Crippen molar-refractivity contribution in [2.24, 2.45) is 11.7 Å². The maximum atomic E-state index is 12.5. The molecular formula is C19H18N2O4S. The van der Waals surface area contributed by atoms with Gasteiger partial charge in [0.1, 0.15) is 0 Å². The molecule has 1 aliphatic rings. The highest BCUT2D eigenvalue weighted by atomic mass is 32.2. The molecule has 0 fully saturated rings. The molecule has 3 rings (SSSR count). The van der Waals surface area contributed by atoms with Crippen molar-refractivity contribution in [3.05, 3.63) is 53.1 Å². The molecule has 2 aromatic rings. The zero-order valence-corrected chi connectivity index (χ0v) is 15.2. The highest BCUT2D eigenvalue weighted by Gasteiger charge is 2.22. The topological polar surface area (TPSA) is 98.5 Å². The summed E-state index contributed by atoms with van der Waals surface area (Å²) in [7, 11) is 0. The fourth-order valence-corrected chi connectivity index (χ4v) is 3.47. The molecule has 3 N–H and O–H groups in total. The zero-order valence-electron chi connectivity index (χ0n) is 14.4. The second kappa shape index (κ2) is 7.21. The summed E-state index contributed by atoms with van der Waals surface area (Å²) in [5.41, 5.74) is 6.99. The largest absolute Gasteiger partial charge is 0.462 e. The Kier molecular flexibility index (Phi) is 4.99. The van der Waals surface area contributed by atoms with Crippen LogP contribution in [0, 0.1) is 5.92 Å². The Bertz CT molecular complexity index is 908. The number of hydrogen-bond donors (Lipinski definition) is 2. The minimum Gasteiger partial charge on any atom is -0.462 e. The number of carbonyl (C=O) groups is 3. The average molecular weight is 370 g/mol. The first-order chi connectivity index (χ1) is 12.3. The Hall–Kier alpha value is -2.80. The fraction of sp³-hybridized carbons (Fsp3) is 0.211. The quantitative estimate of drug-likeness (QED) is 0.805. The number of fused-ring (bicyclic) bond motifs is 2. The molecule has 1 heterocycles. The number of rotatable bonds is 4. The van der Waals surface area contributed by atoms with Crippen molar-refractivity contribution < 1.29 is 19.1 Å². The van der Waals surface area contributed by atoms with E-state index in [1.54, 1.807) is 30.3 Å². The molecule has 6 nitrogen and oxygen atoms in total. The third kappa shape index (κ3) is 3.72. The molecule has 26 heavy (non-hydrogen) atoms. The number of anilines is 1. The normalized spacial score (nSPS) is 12.7. The summed E-state index contributed by atoms with van der Waals surface area (Å²) >= 11 is 1.33. The first kappa shape index (κ1) is 18.0. The summed E-state index contributed by atoms with van der Waals surface area (Å²) in [4.78, 5) is 37.4. The van der Waals surface area contributed by atoms with Gasteiger partial charge in [0.15, 0.2) is 0 Å². The number of nitrogens with one attached hydrogen (secondary N) is 1. The van der Waals surface area contributed by atoms with Crippen molar-refractivity contribution in [3.8, 4) is 0 Å². The first-order valence-electron chi connectivity index (χ1n) is 8.09. The minimum atomic E-state index is -0.554. The lowest BCUT2D eigenvalue weighted by Crippen LogP contribution is -2.15. The Morgan fingerprint density at radius 2 is 1.85 bits per heavy atom. The van der Waals surface area contributed by atoms with Gasteiger partial charge in [0.05, 0.1) is 23.4 Å². The Labute approximate surface area is 155 Å². The Balaban J connectivity index is 1.92. The summed E-state index contributed by atoms with van der Waals surface area (Å²) in [5.74, 6) is -1.06. The molecule has 0 spiro atoms. The maximum Gasteiger partial charge on any atom is 0.338 e. The lowest BCUT2D eigenvalue weighted by atomic mass is 10.1. The summed E-state index contributed by atoms with van der Waals surface area (Å²) in [6, 6.07) is 9.70. The average Bonchev–Trinajstić information content (AvgIpc) is 2.74. The van der Waals surface area contributed by atoms with Gasteiger partial charge in [-0.3, -0.25) is 9.59 Å². The fourth-order valence-electron chi connectivity index (χ4n) is 2.43. The number of benzene rings is 2. The number of esters is 1. The van der Waals surface area contributed by atoms with E-state index in [9.17, 15) is 14.4 Å². The van der Waals surface area contributed by atoms with Crippen LogP contribution in [-0.2, 0) is 4.74 Å². The molecule has 1 aliphatic heterocycles. The predicted octanol–water partition coefficient (Wildman–Crippen LogP) is 3.32. The molecule has 134 valence electrons. The van der Waals surface area contributed by atoms with E-state index in [4.69, 9.17) is 10.5 Å². The molecule has 0 aliphatic carbocycles. The minimum absolute atomic E-state index is 0.240. The summed E-state index contributed by atoms with van der Waals surface area (Å²) in [6.45, 7) is 4.25. The number of primary amides is 1. The van der Waals surface area contributed by atoms with Crippen LogP contribution in [0.3, 0.4) is 0 Å². The molecule has 0 unspecified atom stereocenters. The van der Waals surface area contributed by atoms with Gasteiger partial charge in [-0.2, -0.15) is 0 Å². The zero-order chi connectivity index (χ0) is 18.8. The molecule has 2 amide bonds. The highest BCUT2D eigenvalue weighted by molar-refractivity contribution is 7.99. The van der Waals surface area contributed by atoms with Gasteiger partial charge in [-0.15, -0.1) is 0 Å². The van der Waals surface area contributed by atoms with E-state index < -0.39 is 11.9 Å². The van der Waals surface area contributed by atoms with Crippen molar-refractivity contribution in [3.63, 3.8) is 0 Å². The summed E-state index contributed by atoms with van der Waals surface area (Å²) < 4.78 is 5.23. The maximum absolute atomic E-state index is 12.5. The molecular weight excluding hydrogens is 352 g/mol. The molecule has 0 saturated carbocycles. The van der Waals surface area contributed by atoms with E-state index in [-0.39, 0.29) is 11.8 Å². The van der Waals surface area contributed by atoms with E-state index >= 15 is 0 Å². The van der Waals surface area contributed by atoms with Crippen LogP contribution in [0.1, 0.15) is 44.9 Å². The van der Waals surface area contributed by atoms with Crippen LogP contribution in [-0.4, -0.2) is 24.4 Å². The Morgan fingerprint density at radius 1 is 1.12 bits per heavy atom. The second-order valence-corrected chi connectivity index (χ2v) is 7.42. The smallest absolute Gasteiger partial charge is 0.338 e. The van der Waals surface area contributed by atoms with Crippen LogP contribution in [0.4, 0.5) is 5.69 Å². The van der Waals surface area contributed by atoms with Gasteiger partial charge in [0.2, 0.25) is 5.91 Å². The number of amides is 2. The summed E-state index contributed by atoms with van der Waals surface area (Å²) in [5, 5.41) is 2.80. The van der Waals surface area contributed by atoms with Gasteiger partial charge >= 0.3 is 5.97 Å². The lowest BCUT2D eigenvalue weighted by Gasteiger charge is -2.10. The molecule has 0 radical (unpaired) electrons. The van der Waals surface area contributed by atoms with Crippen molar-refractivity contribution in [2.45, 2.75) is 23.6 Å². The third-order valence-electron chi connectivity index (χ3n) is 3.74. The second-order valence-electron chi connectivity index (χ2n) is 6.33. The summed E-state index contributed by atoms with van der Waals surface area (Å²) in [6.07, 6.45) is 0. The molecule has 0 aromatic heterocycles. The molecule has 7 heteroatoms. The number of hydrogen-bond acceptors (Lipinski definition) is 5. The van der Waals surface area contributed by atoms with Gasteiger partial charge < -0.3 is 15.8 Å². The van der Waals surface area contributed by atoms with Gasteiger partial charge in [-0.1, -0.05) is 25.6 Å². The van der Waals surface area contributed by atoms with E-state index in [2.05, 4.69) is 5.32 Å². The molecule has 2 aromatic carbocycles. The molecule has 0 saturated heterocycles. The van der Waals surface area contributed by atoms with Crippen LogP contribution in [0.2, 0.25) is 0 Å². The van der Waals surface area contributed by atoms with Crippen LogP contribution >= 0.6 is 11.8 Å². The van der Waals surface area contributed by atoms with Crippen molar-refractivity contribution in [1.82, 2.24) is 0 Å². The van der Waals surface area contributed by atoms with E-state index in [1.807, 2.05) is 13.8 Å². The van der Waals surface area contributed by atoms with Gasteiger partial charge in [-0.05, 0) is 42.3 Å². The number of ether oxygens (including phenoxy) is 1. The third-order valence-corrected chi connectivity index (χ3v) is 4.88.